The van der Waals surface area contributed by atoms with Crippen molar-refractivity contribution in [2.24, 2.45) is 0 Å². The molecular formula is C14H15BrN4O. The van der Waals surface area contributed by atoms with Gasteiger partial charge in [0.1, 0.15) is 11.5 Å². The molecule has 2 aromatic rings. The maximum Gasteiger partial charge on any atom is 0.274 e. The van der Waals surface area contributed by atoms with E-state index >= 15 is 0 Å². The standard InChI is InChI=1S/C14H15BrN4O/c1-16-13-8-17-7-12(18-13)14(20)19(2)9-10-5-3-4-6-11(10)15/h3-8H,9H2,1-2H3,(H,16,18). The van der Waals surface area contributed by atoms with E-state index in [1.165, 1.54) is 6.20 Å². The zero-order valence-corrected chi connectivity index (χ0v) is 12.9. The van der Waals surface area contributed by atoms with Crippen molar-refractivity contribution >= 4 is 27.7 Å². The summed E-state index contributed by atoms with van der Waals surface area (Å²) in [6.07, 6.45) is 3.05. The molecule has 104 valence electrons. The van der Waals surface area contributed by atoms with Gasteiger partial charge >= 0.3 is 0 Å². The molecule has 0 fully saturated rings. The number of hydrogen-bond donors (Lipinski definition) is 1. The van der Waals surface area contributed by atoms with Crippen LogP contribution in [0.1, 0.15) is 16.1 Å². The summed E-state index contributed by atoms with van der Waals surface area (Å²) in [6.45, 7) is 0.506. The predicted octanol–water partition coefficient (Wildman–Crippen LogP) is 2.55. The number of amides is 1. The molecule has 0 aliphatic rings. The molecule has 0 spiro atoms. The van der Waals surface area contributed by atoms with Crippen molar-refractivity contribution in [1.82, 2.24) is 14.9 Å². The first-order chi connectivity index (χ1) is 9.61. The minimum Gasteiger partial charge on any atom is -0.372 e. The quantitative estimate of drug-likeness (QED) is 0.933. The Hall–Kier alpha value is -1.95. The summed E-state index contributed by atoms with van der Waals surface area (Å²) in [6, 6.07) is 7.82. The van der Waals surface area contributed by atoms with E-state index in [1.54, 1.807) is 25.2 Å². The lowest BCUT2D eigenvalue weighted by Gasteiger charge is -2.17. The number of aromatic nitrogens is 2. The summed E-state index contributed by atoms with van der Waals surface area (Å²) in [4.78, 5) is 22.1. The summed E-state index contributed by atoms with van der Waals surface area (Å²) >= 11 is 3.48. The average Bonchev–Trinajstić information content (AvgIpc) is 2.48. The first-order valence-corrected chi connectivity index (χ1v) is 6.90. The third-order valence-electron chi connectivity index (χ3n) is 2.82. The van der Waals surface area contributed by atoms with Gasteiger partial charge < -0.3 is 10.2 Å². The number of benzene rings is 1. The molecule has 0 atom stereocenters. The van der Waals surface area contributed by atoms with E-state index in [0.29, 0.717) is 18.1 Å². The Kier molecular flexibility index (Phi) is 4.68. The molecule has 0 aliphatic carbocycles. The van der Waals surface area contributed by atoms with E-state index in [2.05, 4.69) is 31.2 Å². The van der Waals surface area contributed by atoms with Crippen molar-refractivity contribution in [1.29, 1.82) is 0 Å². The highest BCUT2D eigenvalue weighted by atomic mass is 79.9. The fourth-order valence-electron chi connectivity index (χ4n) is 1.74. The van der Waals surface area contributed by atoms with Crippen molar-refractivity contribution in [3.8, 4) is 0 Å². The zero-order chi connectivity index (χ0) is 14.5. The van der Waals surface area contributed by atoms with Crippen molar-refractivity contribution in [3.05, 3.63) is 52.4 Å². The van der Waals surface area contributed by atoms with Gasteiger partial charge in [0, 0.05) is 25.1 Å². The van der Waals surface area contributed by atoms with E-state index in [4.69, 9.17) is 0 Å². The lowest BCUT2D eigenvalue weighted by molar-refractivity contribution is 0.0778. The van der Waals surface area contributed by atoms with Gasteiger partial charge in [0.15, 0.2) is 0 Å². The molecule has 0 saturated carbocycles. The van der Waals surface area contributed by atoms with Crippen LogP contribution >= 0.6 is 15.9 Å². The molecule has 1 N–H and O–H groups in total. The number of halogens is 1. The predicted molar refractivity (Wildman–Crippen MR) is 81.5 cm³/mol. The van der Waals surface area contributed by atoms with Gasteiger partial charge in [-0.2, -0.15) is 0 Å². The van der Waals surface area contributed by atoms with Gasteiger partial charge in [0.2, 0.25) is 0 Å². The SMILES string of the molecule is CNc1cncc(C(=O)N(C)Cc2ccccc2Br)n1. The Balaban J connectivity index is 2.14. The Bertz CT molecular complexity index is 618. The third kappa shape index (κ3) is 3.33. The molecule has 1 aromatic carbocycles. The van der Waals surface area contributed by atoms with Crippen LogP contribution in [0.4, 0.5) is 5.82 Å². The molecule has 20 heavy (non-hydrogen) atoms. The second kappa shape index (κ2) is 6.47. The van der Waals surface area contributed by atoms with Crippen LogP contribution in [0.15, 0.2) is 41.1 Å². The first kappa shape index (κ1) is 14.5. The van der Waals surface area contributed by atoms with Crippen molar-refractivity contribution < 1.29 is 4.79 Å². The number of carbonyl (C=O) groups is 1. The van der Waals surface area contributed by atoms with Crippen LogP contribution in [0.25, 0.3) is 0 Å². The van der Waals surface area contributed by atoms with Gasteiger partial charge in [-0.05, 0) is 11.6 Å². The number of hydrogen-bond acceptors (Lipinski definition) is 4. The van der Waals surface area contributed by atoms with E-state index in [1.807, 2.05) is 24.3 Å². The van der Waals surface area contributed by atoms with E-state index in [-0.39, 0.29) is 5.91 Å². The highest BCUT2D eigenvalue weighted by Gasteiger charge is 2.15. The largest absolute Gasteiger partial charge is 0.372 e. The molecule has 0 radical (unpaired) electrons. The van der Waals surface area contributed by atoms with Crippen LogP contribution in [0, 0.1) is 0 Å². The Morgan fingerprint density at radius 2 is 2.10 bits per heavy atom. The monoisotopic (exact) mass is 334 g/mol. The number of anilines is 1. The Morgan fingerprint density at radius 1 is 1.35 bits per heavy atom. The highest BCUT2D eigenvalue weighted by Crippen LogP contribution is 2.18. The number of nitrogens with zero attached hydrogens (tertiary/aromatic N) is 3. The number of rotatable bonds is 4. The van der Waals surface area contributed by atoms with Gasteiger partial charge in [-0.1, -0.05) is 34.1 Å². The molecule has 1 aromatic heterocycles. The molecule has 2 rings (SSSR count). The van der Waals surface area contributed by atoms with Crippen molar-refractivity contribution in [2.45, 2.75) is 6.54 Å². The van der Waals surface area contributed by atoms with Crippen molar-refractivity contribution in [2.75, 3.05) is 19.4 Å². The van der Waals surface area contributed by atoms with Gasteiger partial charge in [-0.25, -0.2) is 4.98 Å². The Labute approximate surface area is 126 Å². The molecule has 1 heterocycles. The van der Waals surface area contributed by atoms with Gasteiger partial charge in [-0.15, -0.1) is 0 Å². The van der Waals surface area contributed by atoms with Crippen LogP contribution in [0.3, 0.4) is 0 Å². The number of nitrogens with one attached hydrogen (secondary N) is 1. The van der Waals surface area contributed by atoms with Crippen LogP contribution < -0.4 is 5.32 Å². The van der Waals surface area contributed by atoms with Crippen molar-refractivity contribution in [3.63, 3.8) is 0 Å². The van der Waals surface area contributed by atoms with Crippen LogP contribution in [-0.2, 0) is 6.54 Å². The number of carbonyl (C=O) groups excluding carboxylic acids is 1. The normalized spacial score (nSPS) is 10.2. The zero-order valence-electron chi connectivity index (χ0n) is 11.3. The summed E-state index contributed by atoms with van der Waals surface area (Å²) in [7, 11) is 3.48. The smallest absolute Gasteiger partial charge is 0.274 e. The van der Waals surface area contributed by atoms with E-state index in [0.717, 1.165) is 10.0 Å². The minimum atomic E-state index is -0.162. The molecule has 1 amide bonds. The lowest BCUT2D eigenvalue weighted by atomic mass is 10.2. The first-order valence-electron chi connectivity index (χ1n) is 6.10. The fraction of sp³-hybridized carbons (Fsp3) is 0.214. The van der Waals surface area contributed by atoms with Gasteiger partial charge in [0.05, 0.1) is 12.4 Å². The molecule has 0 bridgehead atoms. The minimum absolute atomic E-state index is 0.162. The second-order valence-electron chi connectivity index (χ2n) is 4.29. The topological polar surface area (TPSA) is 58.1 Å². The summed E-state index contributed by atoms with van der Waals surface area (Å²) in [5.41, 5.74) is 1.37. The summed E-state index contributed by atoms with van der Waals surface area (Å²) in [5, 5.41) is 2.87. The van der Waals surface area contributed by atoms with Gasteiger partial charge in [-0.3, -0.25) is 9.78 Å². The molecule has 6 heteroatoms. The molecular weight excluding hydrogens is 320 g/mol. The highest BCUT2D eigenvalue weighted by molar-refractivity contribution is 9.10. The van der Waals surface area contributed by atoms with Crippen LogP contribution in [0.2, 0.25) is 0 Å². The average molecular weight is 335 g/mol. The molecule has 0 aliphatic heterocycles. The fourth-order valence-corrected chi connectivity index (χ4v) is 2.15. The molecule has 0 saturated heterocycles. The Morgan fingerprint density at radius 3 is 2.80 bits per heavy atom. The van der Waals surface area contributed by atoms with Crippen LogP contribution in [0.5, 0.6) is 0 Å². The van der Waals surface area contributed by atoms with Crippen LogP contribution in [-0.4, -0.2) is 34.9 Å². The lowest BCUT2D eigenvalue weighted by Crippen LogP contribution is -2.27. The molecule has 5 nitrogen and oxygen atoms in total. The van der Waals surface area contributed by atoms with E-state index < -0.39 is 0 Å². The van der Waals surface area contributed by atoms with Gasteiger partial charge in [0.25, 0.3) is 5.91 Å². The maximum atomic E-state index is 12.3. The third-order valence-corrected chi connectivity index (χ3v) is 3.60. The second-order valence-corrected chi connectivity index (χ2v) is 5.15. The summed E-state index contributed by atoms with van der Waals surface area (Å²) in [5.74, 6) is 0.412. The maximum absolute atomic E-state index is 12.3. The molecule has 0 unspecified atom stereocenters. The summed E-state index contributed by atoms with van der Waals surface area (Å²) < 4.78 is 0.981. The van der Waals surface area contributed by atoms with E-state index in [9.17, 15) is 4.79 Å².